The molecule has 3 atom stereocenters. The summed E-state index contributed by atoms with van der Waals surface area (Å²) in [6.45, 7) is 5.07. The number of amides is 1. The monoisotopic (exact) mass is 273 g/mol. The number of likely N-dealkylation sites (tertiary alicyclic amines) is 1. The van der Waals surface area contributed by atoms with Crippen molar-refractivity contribution in [2.75, 3.05) is 17.6 Å². The molecule has 1 heterocycles. The lowest BCUT2D eigenvalue weighted by atomic mass is 10.1. The van der Waals surface area contributed by atoms with Crippen molar-refractivity contribution in [3.8, 4) is 0 Å². The second-order valence-electron chi connectivity index (χ2n) is 6.27. The molecule has 108 valence electrons. The number of nitrogen functional groups attached to an aromatic ring is 1. The molecule has 1 amide bonds. The van der Waals surface area contributed by atoms with Crippen molar-refractivity contribution in [1.82, 2.24) is 4.90 Å². The first kappa shape index (κ1) is 13.4. The Morgan fingerprint density at radius 2 is 2.25 bits per heavy atom. The normalized spacial score (nSPS) is 26.7. The van der Waals surface area contributed by atoms with Gasteiger partial charge in [0.15, 0.2) is 0 Å². The summed E-state index contributed by atoms with van der Waals surface area (Å²) in [5.41, 5.74) is 8.34. The molecule has 4 nitrogen and oxygen atoms in total. The maximum absolute atomic E-state index is 12.4. The predicted octanol–water partition coefficient (Wildman–Crippen LogP) is 2.39. The number of anilines is 2. The maximum atomic E-state index is 12.4. The van der Waals surface area contributed by atoms with E-state index in [0.29, 0.717) is 11.7 Å². The fourth-order valence-corrected chi connectivity index (χ4v) is 3.60. The molecule has 3 rings (SSSR count). The van der Waals surface area contributed by atoms with Crippen molar-refractivity contribution in [2.24, 2.45) is 5.92 Å². The van der Waals surface area contributed by atoms with Gasteiger partial charge in [-0.3, -0.25) is 9.69 Å². The summed E-state index contributed by atoms with van der Waals surface area (Å²) in [5.74, 6) is 0.885. The van der Waals surface area contributed by atoms with Crippen LogP contribution in [0.4, 0.5) is 11.4 Å². The first-order valence-corrected chi connectivity index (χ1v) is 7.47. The minimum Gasteiger partial charge on any atom is -0.399 e. The molecular formula is C16H23N3O. The van der Waals surface area contributed by atoms with E-state index in [1.807, 2.05) is 32.0 Å². The van der Waals surface area contributed by atoms with Crippen molar-refractivity contribution in [3.63, 3.8) is 0 Å². The minimum atomic E-state index is -0.0638. The molecule has 0 radical (unpaired) electrons. The molecule has 1 saturated carbocycles. The molecule has 2 aliphatic rings. The summed E-state index contributed by atoms with van der Waals surface area (Å²) in [6, 6.07) is 6.17. The van der Waals surface area contributed by atoms with Crippen molar-refractivity contribution in [2.45, 2.75) is 45.2 Å². The van der Waals surface area contributed by atoms with E-state index in [0.717, 1.165) is 23.7 Å². The lowest BCUT2D eigenvalue weighted by Gasteiger charge is -2.31. The number of nitrogens with one attached hydrogen (secondary N) is 1. The molecular weight excluding hydrogens is 250 g/mol. The number of benzene rings is 1. The van der Waals surface area contributed by atoms with Gasteiger partial charge in [-0.2, -0.15) is 0 Å². The highest BCUT2D eigenvalue weighted by atomic mass is 16.2. The van der Waals surface area contributed by atoms with E-state index < -0.39 is 0 Å². The van der Waals surface area contributed by atoms with Gasteiger partial charge in [0, 0.05) is 24.0 Å². The second-order valence-corrected chi connectivity index (χ2v) is 6.27. The first-order valence-electron chi connectivity index (χ1n) is 7.47. The molecule has 0 spiro atoms. The van der Waals surface area contributed by atoms with E-state index in [-0.39, 0.29) is 11.9 Å². The summed E-state index contributed by atoms with van der Waals surface area (Å²) in [7, 11) is 0. The van der Waals surface area contributed by atoms with Gasteiger partial charge < -0.3 is 11.1 Å². The van der Waals surface area contributed by atoms with Crippen molar-refractivity contribution < 1.29 is 4.79 Å². The zero-order valence-electron chi connectivity index (χ0n) is 12.2. The predicted molar refractivity (Wildman–Crippen MR) is 81.5 cm³/mol. The molecule has 20 heavy (non-hydrogen) atoms. The van der Waals surface area contributed by atoms with Gasteiger partial charge in [-0.15, -0.1) is 0 Å². The van der Waals surface area contributed by atoms with E-state index in [4.69, 9.17) is 5.73 Å². The highest BCUT2D eigenvalue weighted by molar-refractivity contribution is 5.95. The Morgan fingerprint density at radius 1 is 1.45 bits per heavy atom. The average molecular weight is 273 g/mol. The summed E-state index contributed by atoms with van der Waals surface area (Å²) in [4.78, 5) is 14.8. The van der Waals surface area contributed by atoms with Crippen molar-refractivity contribution in [1.29, 1.82) is 0 Å². The van der Waals surface area contributed by atoms with Crippen LogP contribution in [0.25, 0.3) is 0 Å². The van der Waals surface area contributed by atoms with Crippen molar-refractivity contribution in [3.05, 3.63) is 23.8 Å². The van der Waals surface area contributed by atoms with Gasteiger partial charge in [0.1, 0.15) is 0 Å². The van der Waals surface area contributed by atoms with Gasteiger partial charge in [0.2, 0.25) is 5.91 Å². The zero-order valence-corrected chi connectivity index (χ0v) is 12.2. The van der Waals surface area contributed by atoms with Gasteiger partial charge >= 0.3 is 0 Å². The third kappa shape index (κ3) is 2.40. The van der Waals surface area contributed by atoms with E-state index in [9.17, 15) is 4.79 Å². The van der Waals surface area contributed by atoms with Gasteiger partial charge in [-0.1, -0.05) is 6.07 Å². The summed E-state index contributed by atoms with van der Waals surface area (Å²) < 4.78 is 0. The fraction of sp³-hybridized carbons (Fsp3) is 0.562. The van der Waals surface area contributed by atoms with Crippen LogP contribution in [-0.2, 0) is 4.79 Å². The summed E-state index contributed by atoms with van der Waals surface area (Å²) in [5, 5.41) is 3.03. The number of nitrogens with zero attached hydrogens (tertiary/aromatic N) is 1. The maximum Gasteiger partial charge on any atom is 0.241 e. The Bertz CT molecular complexity index is 528. The van der Waals surface area contributed by atoms with Gasteiger partial charge in [0.25, 0.3) is 0 Å². The quantitative estimate of drug-likeness (QED) is 0.831. The van der Waals surface area contributed by atoms with Crippen LogP contribution >= 0.6 is 0 Å². The Kier molecular flexibility index (Phi) is 3.42. The third-order valence-corrected chi connectivity index (χ3v) is 4.85. The Hall–Kier alpha value is -1.55. The van der Waals surface area contributed by atoms with Crippen LogP contribution in [-0.4, -0.2) is 29.4 Å². The van der Waals surface area contributed by atoms with Crippen LogP contribution in [0, 0.1) is 12.8 Å². The van der Waals surface area contributed by atoms with Crippen LogP contribution in [0.3, 0.4) is 0 Å². The number of hydrogen-bond donors (Lipinski definition) is 2. The highest BCUT2D eigenvalue weighted by Gasteiger charge is 2.41. The Balaban J connectivity index is 1.68. The SMILES string of the molecule is Cc1ccc(N)cc1NC(=O)C(C)N1CC2CCC1C2. The lowest BCUT2D eigenvalue weighted by molar-refractivity contribution is -0.121. The molecule has 3 N–H and O–H groups in total. The van der Waals surface area contributed by atoms with Crippen LogP contribution in [0.2, 0.25) is 0 Å². The number of aryl methyl sites for hydroxylation is 1. The van der Waals surface area contributed by atoms with Crippen LogP contribution in [0.15, 0.2) is 18.2 Å². The van der Waals surface area contributed by atoms with E-state index in [1.54, 1.807) is 0 Å². The molecule has 1 aliphatic carbocycles. The minimum absolute atomic E-state index is 0.0638. The average Bonchev–Trinajstić information content (AvgIpc) is 3.04. The lowest BCUT2D eigenvalue weighted by Crippen LogP contribution is -2.46. The molecule has 1 aromatic carbocycles. The largest absolute Gasteiger partial charge is 0.399 e. The summed E-state index contributed by atoms with van der Waals surface area (Å²) >= 11 is 0. The molecule has 2 fully saturated rings. The second kappa shape index (κ2) is 5.09. The van der Waals surface area contributed by atoms with Gasteiger partial charge in [-0.25, -0.2) is 0 Å². The van der Waals surface area contributed by atoms with Gasteiger partial charge in [0.05, 0.1) is 6.04 Å². The number of piperidine rings is 1. The molecule has 1 aliphatic heterocycles. The molecule has 1 aromatic rings. The molecule has 1 saturated heterocycles. The van der Waals surface area contributed by atoms with E-state index >= 15 is 0 Å². The van der Waals surface area contributed by atoms with Crippen LogP contribution in [0.5, 0.6) is 0 Å². The number of hydrogen-bond acceptors (Lipinski definition) is 3. The summed E-state index contributed by atoms with van der Waals surface area (Å²) in [6.07, 6.45) is 3.86. The molecule has 3 unspecified atom stereocenters. The smallest absolute Gasteiger partial charge is 0.241 e. The van der Waals surface area contributed by atoms with E-state index in [2.05, 4.69) is 10.2 Å². The number of nitrogens with two attached hydrogens (primary N) is 1. The third-order valence-electron chi connectivity index (χ3n) is 4.85. The van der Waals surface area contributed by atoms with Gasteiger partial charge in [-0.05, 0) is 56.7 Å². The Labute approximate surface area is 120 Å². The first-order chi connectivity index (χ1) is 9.54. The molecule has 0 aromatic heterocycles. The van der Waals surface area contributed by atoms with Crippen LogP contribution in [0.1, 0.15) is 31.7 Å². The topological polar surface area (TPSA) is 58.4 Å². The number of rotatable bonds is 3. The number of carbonyl (C=O) groups excluding carboxylic acids is 1. The molecule has 4 heteroatoms. The number of carbonyl (C=O) groups is 1. The molecule has 2 bridgehead atoms. The number of fused-ring (bicyclic) bond motifs is 2. The van der Waals surface area contributed by atoms with Crippen LogP contribution < -0.4 is 11.1 Å². The fourth-order valence-electron chi connectivity index (χ4n) is 3.60. The van der Waals surface area contributed by atoms with E-state index in [1.165, 1.54) is 19.3 Å². The van der Waals surface area contributed by atoms with Crippen molar-refractivity contribution >= 4 is 17.3 Å². The zero-order chi connectivity index (χ0) is 14.3. The highest BCUT2D eigenvalue weighted by Crippen LogP contribution is 2.38. The Morgan fingerprint density at radius 3 is 2.90 bits per heavy atom. The standard InChI is InChI=1S/C16H23N3O/c1-10-3-5-13(17)8-15(10)18-16(20)11(2)19-9-12-4-6-14(19)7-12/h3,5,8,11-12,14H,4,6-7,9,17H2,1-2H3,(H,18,20).